The Labute approximate surface area is 139 Å². The molecule has 0 bridgehead atoms. The summed E-state index contributed by atoms with van der Waals surface area (Å²) in [5.74, 6) is 1.37. The summed E-state index contributed by atoms with van der Waals surface area (Å²) >= 11 is 0. The minimum Gasteiger partial charge on any atom is -0.468 e. The number of furan rings is 1. The highest BCUT2D eigenvalue weighted by Crippen LogP contribution is 2.24. The lowest BCUT2D eigenvalue weighted by atomic mass is 9.91. The fourth-order valence-electron chi connectivity index (χ4n) is 3.06. The molecule has 1 aromatic heterocycles. The minimum atomic E-state index is -0.443. The van der Waals surface area contributed by atoms with Gasteiger partial charge in [-0.2, -0.15) is 0 Å². The van der Waals surface area contributed by atoms with Crippen LogP contribution in [0.1, 0.15) is 59.3 Å². The molecule has 2 heterocycles. The average molecular weight is 322 g/mol. The van der Waals surface area contributed by atoms with Crippen molar-refractivity contribution in [3.63, 3.8) is 0 Å². The molecule has 23 heavy (non-hydrogen) atoms. The van der Waals surface area contributed by atoms with E-state index in [-0.39, 0.29) is 12.1 Å². The third-order valence-corrected chi connectivity index (χ3v) is 4.30. The summed E-state index contributed by atoms with van der Waals surface area (Å²) in [4.78, 5) is 14.1. The van der Waals surface area contributed by atoms with Gasteiger partial charge in [-0.25, -0.2) is 4.79 Å². The molecule has 3 atom stereocenters. The number of carbonyl (C=O) groups is 1. The molecule has 2 unspecified atom stereocenters. The van der Waals surface area contributed by atoms with E-state index in [1.165, 1.54) is 0 Å². The zero-order valence-corrected chi connectivity index (χ0v) is 15.0. The second kappa shape index (κ2) is 7.39. The van der Waals surface area contributed by atoms with E-state index in [9.17, 15) is 4.79 Å². The van der Waals surface area contributed by atoms with Crippen LogP contribution >= 0.6 is 0 Å². The number of likely N-dealkylation sites (tertiary alicyclic amines) is 1. The summed E-state index contributed by atoms with van der Waals surface area (Å²) < 4.78 is 10.9. The van der Waals surface area contributed by atoms with Crippen molar-refractivity contribution in [1.82, 2.24) is 10.2 Å². The molecule has 1 fully saturated rings. The van der Waals surface area contributed by atoms with E-state index in [1.807, 2.05) is 37.8 Å². The standard InChI is InChI=1S/C18H30N2O3/c1-13(19-14(2)16-9-7-11-22-16)15-8-6-10-20(12-15)17(21)23-18(3,4)5/h7,9,11,13-15,19H,6,8,10,12H2,1-5H3/t13?,14-,15?/m1/s1. The van der Waals surface area contributed by atoms with Gasteiger partial charge < -0.3 is 19.4 Å². The number of nitrogens with zero attached hydrogens (tertiary/aromatic N) is 1. The van der Waals surface area contributed by atoms with Crippen molar-refractivity contribution < 1.29 is 13.9 Å². The Morgan fingerprint density at radius 3 is 2.78 bits per heavy atom. The van der Waals surface area contributed by atoms with Gasteiger partial charge in [0.2, 0.25) is 0 Å². The predicted molar refractivity (Wildman–Crippen MR) is 90.3 cm³/mol. The summed E-state index contributed by atoms with van der Waals surface area (Å²) in [7, 11) is 0. The average Bonchev–Trinajstić information content (AvgIpc) is 3.00. The number of rotatable bonds is 4. The lowest BCUT2D eigenvalue weighted by molar-refractivity contribution is 0.0146. The van der Waals surface area contributed by atoms with Gasteiger partial charge in [-0.05, 0) is 65.5 Å². The zero-order chi connectivity index (χ0) is 17.0. The SMILES string of the molecule is CC(N[C@H](C)c1ccco1)C1CCCN(C(=O)OC(C)(C)C)C1. The van der Waals surface area contributed by atoms with Crippen LogP contribution in [0.2, 0.25) is 0 Å². The van der Waals surface area contributed by atoms with Crippen LogP contribution in [-0.4, -0.2) is 35.7 Å². The third-order valence-electron chi connectivity index (χ3n) is 4.30. The molecule has 2 rings (SSSR count). The molecule has 5 heteroatoms. The Bertz CT molecular complexity index is 493. The smallest absolute Gasteiger partial charge is 0.410 e. The van der Waals surface area contributed by atoms with Crippen LogP contribution < -0.4 is 5.32 Å². The molecular weight excluding hydrogens is 292 g/mol. The Morgan fingerprint density at radius 2 is 2.17 bits per heavy atom. The molecule has 0 aromatic carbocycles. The highest BCUT2D eigenvalue weighted by Gasteiger charge is 2.30. The van der Waals surface area contributed by atoms with Gasteiger partial charge in [0.05, 0.1) is 12.3 Å². The number of amides is 1. The van der Waals surface area contributed by atoms with Crippen molar-refractivity contribution in [2.75, 3.05) is 13.1 Å². The monoisotopic (exact) mass is 322 g/mol. The van der Waals surface area contributed by atoms with E-state index in [0.717, 1.165) is 31.7 Å². The highest BCUT2D eigenvalue weighted by atomic mass is 16.6. The number of nitrogens with one attached hydrogen (secondary N) is 1. The maximum Gasteiger partial charge on any atom is 0.410 e. The molecule has 1 aromatic rings. The maximum atomic E-state index is 12.3. The van der Waals surface area contributed by atoms with Gasteiger partial charge in [0.15, 0.2) is 0 Å². The molecule has 1 amide bonds. The van der Waals surface area contributed by atoms with Crippen molar-refractivity contribution in [2.45, 2.75) is 65.1 Å². The number of hydrogen-bond donors (Lipinski definition) is 1. The normalized spacial score (nSPS) is 21.8. The van der Waals surface area contributed by atoms with Crippen LogP contribution in [0.25, 0.3) is 0 Å². The van der Waals surface area contributed by atoms with E-state index >= 15 is 0 Å². The first-order valence-corrected chi connectivity index (χ1v) is 8.53. The van der Waals surface area contributed by atoms with Crippen LogP contribution in [-0.2, 0) is 4.74 Å². The van der Waals surface area contributed by atoms with Gasteiger partial charge in [-0.3, -0.25) is 0 Å². The van der Waals surface area contributed by atoms with E-state index in [2.05, 4.69) is 19.2 Å². The maximum absolute atomic E-state index is 12.3. The third kappa shape index (κ3) is 5.27. The molecular formula is C18H30N2O3. The number of ether oxygens (including phenoxy) is 1. The lowest BCUT2D eigenvalue weighted by Crippen LogP contribution is -2.48. The van der Waals surface area contributed by atoms with Gasteiger partial charge in [0, 0.05) is 19.1 Å². The molecule has 5 nitrogen and oxygen atoms in total. The molecule has 130 valence electrons. The summed E-state index contributed by atoms with van der Waals surface area (Å²) in [6, 6.07) is 4.36. The number of hydrogen-bond acceptors (Lipinski definition) is 4. The van der Waals surface area contributed by atoms with Gasteiger partial charge in [-0.1, -0.05) is 0 Å². The fourth-order valence-corrected chi connectivity index (χ4v) is 3.06. The van der Waals surface area contributed by atoms with Crippen molar-refractivity contribution in [3.8, 4) is 0 Å². The van der Waals surface area contributed by atoms with E-state index in [1.54, 1.807) is 6.26 Å². The Morgan fingerprint density at radius 1 is 1.43 bits per heavy atom. The van der Waals surface area contributed by atoms with Crippen LogP contribution in [0.15, 0.2) is 22.8 Å². The fraction of sp³-hybridized carbons (Fsp3) is 0.722. The summed E-state index contributed by atoms with van der Waals surface area (Å²) in [6.07, 6.45) is 3.64. The predicted octanol–water partition coefficient (Wildman–Crippen LogP) is 3.97. The lowest BCUT2D eigenvalue weighted by Gasteiger charge is -2.37. The summed E-state index contributed by atoms with van der Waals surface area (Å²) in [5, 5.41) is 3.59. The first-order chi connectivity index (χ1) is 10.8. The van der Waals surface area contributed by atoms with Crippen molar-refractivity contribution in [3.05, 3.63) is 24.2 Å². The topological polar surface area (TPSA) is 54.7 Å². The van der Waals surface area contributed by atoms with E-state index in [4.69, 9.17) is 9.15 Å². The van der Waals surface area contributed by atoms with Gasteiger partial charge in [-0.15, -0.1) is 0 Å². The van der Waals surface area contributed by atoms with Crippen LogP contribution in [0, 0.1) is 5.92 Å². The zero-order valence-electron chi connectivity index (χ0n) is 15.0. The first-order valence-electron chi connectivity index (χ1n) is 8.53. The molecule has 1 aliphatic heterocycles. The van der Waals surface area contributed by atoms with Gasteiger partial charge >= 0.3 is 6.09 Å². The first kappa shape index (κ1) is 17.9. The largest absolute Gasteiger partial charge is 0.468 e. The van der Waals surface area contributed by atoms with E-state index < -0.39 is 5.60 Å². The second-order valence-corrected chi connectivity index (χ2v) is 7.52. The van der Waals surface area contributed by atoms with Gasteiger partial charge in [0.1, 0.15) is 11.4 Å². The Hall–Kier alpha value is -1.49. The molecule has 1 N–H and O–H groups in total. The van der Waals surface area contributed by atoms with E-state index in [0.29, 0.717) is 12.0 Å². The summed E-state index contributed by atoms with van der Waals surface area (Å²) in [5.41, 5.74) is -0.443. The highest BCUT2D eigenvalue weighted by molar-refractivity contribution is 5.68. The molecule has 0 radical (unpaired) electrons. The van der Waals surface area contributed by atoms with Crippen LogP contribution in [0.4, 0.5) is 4.79 Å². The minimum absolute atomic E-state index is 0.164. The second-order valence-electron chi connectivity index (χ2n) is 7.52. The molecule has 0 aliphatic carbocycles. The number of carbonyl (C=O) groups excluding carboxylic acids is 1. The molecule has 0 spiro atoms. The number of piperidine rings is 1. The summed E-state index contributed by atoms with van der Waals surface area (Å²) in [6.45, 7) is 11.5. The van der Waals surface area contributed by atoms with Crippen molar-refractivity contribution in [2.24, 2.45) is 5.92 Å². The molecule has 1 aliphatic rings. The van der Waals surface area contributed by atoms with Crippen LogP contribution in [0.3, 0.4) is 0 Å². The van der Waals surface area contributed by atoms with Crippen molar-refractivity contribution in [1.29, 1.82) is 0 Å². The Kier molecular flexibility index (Phi) is 5.74. The molecule has 0 saturated carbocycles. The molecule has 1 saturated heterocycles. The van der Waals surface area contributed by atoms with Gasteiger partial charge in [0.25, 0.3) is 0 Å². The quantitative estimate of drug-likeness (QED) is 0.911. The van der Waals surface area contributed by atoms with Crippen molar-refractivity contribution >= 4 is 6.09 Å². The Balaban J connectivity index is 1.88. The van der Waals surface area contributed by atoms with Crippen LogP contribution in [0.5, 0.6) is 0 Å².